The van der Waals surface area contributed by atoms with Crippen molar-refractivity contribution in [3.05, 3.63) is 102 Å². The summed E-state index contributed by atoms with van der Waals surface area (Å²) in [7, 11) is 0. The molecule has 5 amide bonds. The van der Waals surface area contributed by atoms with Gasteiger partial charge in [-0.15, -0.1) is 0 Å². The number of hydrogen-bond acceptors (Lipinski definition) is 10. The average molecular weight is 816 g/mol. The third kappa shape index (κ3) is 13.7. The molecule has 4 rings (SSSR count). The summed E-state index contributed by atoms with van der Waals surface area (Å²) >= 11 is 0. The summed E-state index contributed by atoms with van der Waals surface area (Å²) in [5.41, 5.74) is 7.60. The lowest BCUT2D eigenvalue weighted by Gasteiger charge is -2.27. The SMILES string of the molecule is NCC(=O)N[C@@H](CC(=O)O)C(=O)N[C@@H](Cc1ccc(O)cc1)C(=O)N[C@@H](Cc1ccccc1)C(=O)N[C@@H](CCC(=O)O)C(=O)N[C@@H](Cc1c[nH]c2ccccc12)C(=O)O. The number of aliphatic carboxylic acids is 3. The van der Waals surface area contributed by atoms with Crippen LogP contribution in [0.1, 0.15) is 36.0 Å². The standard InChI is InChI=1S/C40H45N7O12/c41-20-33(49)43-31(19-35(52)53)39(57)46-30(17-23-10-12-25(48)13-11-23)38(56)45-29(16-22-6-2-1-3-7-22)37(55)44-28(14-15-34(50)51)36(54)47-32(40(58)59)18-24-21-42-27-9-5-4-8-26(24)27/h1-13,21,28-32,42,48H,14-20,41H2,(H,43,49)(H,44,55)(H,45,56)(H,46,57)(H,47,54)(H,50,51)(H,52,53)(H,58,59)/t28-,29-,30-,31-,32-/m0/s1. The van der Waals surface area contributed by atoms with Gasteiger partial charge in [0.1, 0.15) is 36.0 Å². The number of nitrogens with two attached hydrogens (primary N) is 1. The highest BCUT2D eigenvalue weighted by atomic mass is 16.4. The molecule has 1 heterocycles. The molecule has 3 aromatic carbocycles. The molecule has 5 atom stereocenters. The summed E-state index contributed by atoms with van der Waals surface area (Å²) < 4.78 is 0. The van der Waals surface area contributed by atoms with Gasteiger partial charge in [0.2, 0.25) is 29.5 Å². The van der Waals surface area contributed by atoms with Crippen molar-refractivity contribution in [1.29, 1.82) is 0 Å². The largest absolute Gasteiger partial charge is 0.508 e. The minimum atomic E-state index is -1.65. The van der Waals surface area contributed by atoms with E-state index >= 15 is 0 Å². The number of aromatic amines is 1. The monoisotopic (exact) mass is 815 g/mol. The number of amides is 5. The number of aromatic hydroxyl groups is 1. The summed E-state index contributed by atoms with van der Waals surface area (Å²) in [5, 5.41) is 51.4. The van der Waals surface area contributed by atoms with Gasteiger partial charge in [0.05, 0.1) is 13.0 Å². The first-order valence-electron chi connectivity index (χ1n) is 18.4. The minimum Gasteiger partial charge on any atom is -0.508 e. The first kappa shape index (κ1) is 44.4. The van der Waals surface area contributed by atoms with Gasteiger partial charge in [-0.3, -0.25) is 33.6 Å². The van der Waals surface area contributed by atoms with E-state index in [0.717, 1.165) is 10.9 Å². The first-order chi connectivity index (χ1) is 28.1. The maximum Gasteiger partial charge on any atom is 0.326 e. The van der Waals surface area contributed by atoms with Crippen molar-refractivity contribution in [2.75, 3.05) is 6.54 Å². The quantitative estimate of drug-likeness (QED) is 0.0487. The van der Waals surface area contributed by atoms with Gasteiger partial charge in [0.25, 0.3) is 0 Å². The maximum absolute atomic E-state index is 14.1. The van der Waals surface area contributed by atoms with Crippen LogP contribution in [0.25, 0.3) is 10.9 Å². The van der Waals surface area contributed by atoms with Crippen LogP contribution in [0.2, 0.25) is 0 Å². The van der Waals surface area contributed by atoms with E-state index < -0.39 is 103 Å². The number of rotatable bonds is 22. The smallest absolute Gasteiger partial charge is 0.326 e. The Morgan fingerprint density at radius 3 is 1.68 bits per heavy atom. The van der Waals surface area contributed by atoms with E-state index in [0.29, 0.717) is 16.7 Å². The Bertz CT molecular complexity index is 2140. The van der Waals surface area contributed by atoms with Gasteiger partial charge in [-0.05, 0) is 41.3 Å². The van der Waals surface area contributed by atoms with Crippen LogP contribution in [0.5, 0.6) is 5.75 Å². The van der Waals surface area contributed by atoms with Gasteiger partial charge >= 0.3 is 17.9 Å². The minimum absolute atomic E-state index is 0.0986. The number of carboxylic acid groups (broad SMARTS) is 3. The van der Waals surface area contributed by atoms with Crippen molar-refractivity contribution < 1.29 is 58.8 Å². The summed E-state index contributed by atoms with van der Waals surface area (Å²) in [5.74, 6) is -9.09. The number of fused-ring (bicyclic) bond motifs is 1. The van der Waals surface area contributed by atoms with Crippen molar-refractivity contribution >= 4 is 58.3 Å². The molecule has 0 aliphatic carbocycles. The van der Waals surface area contributed by atoms with Crippen LogP contribution in [0.3, 0.4) is 0 Å². The Morgan fingerprint density at radius 2 is 1.10 bits per heavy atom. The number of carboxylic acids is 3. The molecular weight excluding hydrogens is 770 g/mol. The van der Waals surface area contributed by atoms with E-state index in [1.54, 1.807) is 60.8 Å². The van der Waals surface area contributed by atoms with Crippen molar-refractivity contribution in [3.8, 4) is 5.75 Å². The average Bonchev–Trinajstić information content (AvgIpc) is 3.61. The third-order valence-corrected chi connectivity index (χ3v) is 9.13. The molecular formula is C40H45N7O12. The second kappa shape index (κ2) is 21.3. The summed E-state index contributed by atoms with van der Waals surface area (Å²) in [4.78, 5) is 106. The second-order valence-electron chi connectivity index (χ2n) is 13.6. The number of hydrogen-bond donors (Lipinski definition) is 11. The molecule has 0 saturated heterocycles. The van der Waals surface area contributed by atoms with Crippen LogP contribution in [0, 0.1) is 0 Å². The number of carbonyl (C=O) groups excluding carboxylic acids is 5. The van der Waals surface area contributed by atoms with Crippen molar-refractivity contribution in [1.82, 2.24) is 31.6 Å². The molecule has 0 bridgehead atoms. The predicted molar refractivity (Wildman–Crippen MR) is 209 cm³/mol. The molecule has 0 radical (unpaired) electrons. The first-order valence-corrected chi connectivity index (χ1v) is 18.4. The number of phenols is 1. The normalized spacial score (nSPS) is 13.4. The van der Waals surface area contributed by atoms with Gasteiger partial charge < -0.3 is 57.7 Å². The van der Waals surface area contributed by atoms with Crippen LogP contribution >= 0.6 is 0 Å². The maximum atomic E-state index is 14.1. The van der Waals surface area contributed by atoms with Gasteiger partial charge in [-0.25, -0.2) is 4.79 Å². The lowest BCUT2D eigenvalue weighted by atomic mass is 10.0. The molecule has 19 heteroatoms. The second-order valence-corrected chi connectivity index (χ2v) is 13.6. The molecule has 0 aliphatic heterocycles. The number of para-hydroxylation sites is 1. The molecule has 19 nitrogen and oxygen atoms in total. The van der Waals surface area contributed by atoms with E-state index in [1.807, 2.05) is 0 Å². The molecule has 12 N–H and O–H groups in total. The molecule has 59 heavy (non-hydrogen) atoms. The highest BCUT2D eigenvalue weighted by molar-refractivity contribution is 5.97. The van der Waals surface area contributed by atoms with E-state index in [4.69, 9.17) is 5.73 Å². The Balaban J connectivity index is 1.61. The lowest BCUT2D eigenvalue weighted by Crippen LogP contribution is -2.60. The Morgan fingerprint density at radius 1 is 0.576 bits per heavy atom. The zero-order valence-corrected chi connectivity index (χ0v) is 31.6. The van der Waals surface area contributed by atoms with Gasteiger partial charge in [-0.2, -0.15) is 0 Å². The van der Waals surface area contributed by atoms with E-state index in [9.17, 15) is 58.8 Å². The fourth-order valence-electron chi connectivity index (χ4n) is 6.12. The zero-order chi connectivity index (χ0) is 43.1. The van der Waals surface area contributed by atoms with E-state index in [2.05, 4.69) is 31.6 Å². The lowest BCUT2D eigenvalue weighted by molar-refractivity contribution is -0.143. The Labute approximate surface area is 336 Å². The Kier molecular flexibility index (Phi) is 16.0. The molecule has 0 spiro atoms. The van der Waals surface area contributed by atoms with E-state index in [1.165, 1.54) is 24.3 Å². The van der Waals surface area contributed by atoms with Crippen LogP contribution in [-0.4, -0.2) is 110 Å². The molecule has 0 fully saturated rings. The van der Waals surface area contributed by atoms with Gasteiger partial charge in [-0.1, -0.05) is 60.7 Å². The predicted octanol–water partition coefficient (Wildman–Crippen LogP) is -0.292. The van der Waals surface area contributed by atoms with Crippen LogP contribution < -0.4 is 32.3 Å². The highest BCUT2D eigenvalue weighted by Gasteiger charge is 2.34. The number of nitrogens with one attached hydrogen (secondary N) is 6. The number of phenolic OH excluding ortho intramolecular Hbond substituents is 1. The third-order valence-electron chi connectivity index (χ3n) is 9.13. The topological polar surface area (TPSA) is 319 Å². The van der Waals surface area contributed by atoms with Crippen LogP contribution in [0.15, 0.2) is 85.1 Å². The van der Waals surface area contributed by atoms with Crippen LogP contribution in [0.4, 0.5) is 0 Å². The summed E-state index contributed by atoms with van der Waals surface area (Å²) in [6, 6.07) is 13.3. The van der Waals surface area contributed by atoms with Crippen molar-refractivity contribution in [2.45, 2.75) is 68.7 Å². The number of H-pyrrole nitrogens is 1. The number of carbonyl (C=O) groups is 8. The molecule has 0 saturated carbocycles. The van der Waals surface area contributed by atoms with Gasteiger partial charge in [0, 0.05) is 42.8 Å². The molecule has 1 aromatic heterocycles. The number of aromatic nitrogens is 1. The summed E-state index contributed by atoms with van der Waals surface area (Å²) in [6.45, 7) is -0.566. The molecule has 312 valence electrons. The molecule has 0 aliphatic rings. The van der Waals surface area contributed by atoms with Gasteiger partial charge in [0.15, 0.2) is 0 Å². The fourth-order valence-corrected chi connectivity index (χ4v) is 6.12. The van der Waals surface area contributed by atoms with Crippen LogP contribution in [-0.2, 0) is 57.6 Å². The molecule has 4 aromatic rings. The van der Waals surface area contributed by atoms with Crippen molar-refractivity contribution in [2.24, 2.45) is 5.73 Å². The number of benzene rings is 3. The zero-order valence-electron chi connectivity index (χ0n) is 31.6. The van der Waals surface area contributed by atoms with Crippen molar-refractivity contribution in [3.63, 3.8) is 0 Å². The summed E-state index contributed by atoms with van der Waals surface area (Å²) in [6.07, 6.45) is -0.919. The Hall–Kier alpha value is -7.28. The fraction of sp³-hybridized carbons (Fsp3) is 0.300. The highest BCUT2D eigenvalue weighted by Crippen LogP contribution is 2.19. The van der Waals surface area contributed by atoms with E-state index in [-0.39, 0.29) is 25.0 Å². The molecule has 0 unspecified atom stereocenters.